The van der Waals surface area contributed by atoms with E-state index in [1.807, 2.05) is 0 Å². The molecule has 17 heavy (non-hydrogen) atoms. The fourth-order valence-electron chi connectivity index (χ4n) is 3.61. The molecule has 0 aromatic rings. The molecule has 0 spiro atoms. The number of hydrogen-bond acceptors (Lipinski definition) is 2. The largest absolute Gasteiger partial charge is 0.314 e. The summed E-state index contributed by atoms with van der Waals surface area (Å²) < 4.78 is 0. The third-order valence-electron chi connectivity index (χ3n) is 4.88. The van der Waals surface area contributed by atoms with Gasteiger partial charge in [0.1, 0.15) is 0 Å². The molecule has 0 bridgehead atoms. The minimum Gasteiger partial charge on any atom is -0.314 e. The molecular formula is C15H30N2. The highest BCUT2D eigenvalue weighted by atomic mass is 15.1. The SMILES string of the molecule is CCC(CC)CN1CCCC(C2CCCN2)C1. The van der Waals surface area contributed by atoms with E-state index in [1.54, 1.807) is 0 Å². The fourth-order valence-corrected chi connectivity index (χ4v) is 3.61. The molecule has 1 N–H and O–H groups in total. The number of likely N-dealkylation sites (tertiary alicyclic amines) is 1. The molecule has 0 radical (unpaired) electrons. The van der Waals surface area contributed by atoms with E-state index in [9.17, 15) is 0 Å². The summed E-state index contributed by atoms with van der Waals surface area (Å²) >= 11 is 0. The van der Waals surface area contributed by atoms with Crippen LogP contribution in [0.25, 0.3) is 0 Å². The van der Waals surface area contributed by atoms with E-state index in [1.165, 1.54) is 64.7 Å². The van der Waals surface area contributed by atoms with Crippen LogP contribution in [0.2, 0.25) is 0 Å². The fraction of sp³-hybridized carbons (Fsp3) is 1.00. The molecule has 0 aromatic carbocycles. The lowest BCUT2D eigenvalue weighted by molar-refractivity contribution is 0.130. The molecule has 2 heteroatoms. The van der Waals surface area contributed by atoms with Gasteiger partial charge in [0.15, 0.2) is 0 Å². The Hall–Kier alpha value is -0.0800. The zero-order valence-corrected chi connectivity index (χ0v) is 11.8. The van der Waals surface area contributed by atoms with Crippen molar-refractivity contribution in [1.29, 1.82) is 0 Å². The molecule has 2 rings (SSSR count). The maximum Gasteiger partial charge on any atom is 0.0108 e. The normalized spacial score (nSPS) is 31.2. The molecule has 2 fully saturated rings. The van der Waals surface area contributed by atoms with Gasteiger partial charge in [-0.15, -0.1) is 0 Å². The van der Waals surface area contributed by atoms with Crippen LogP contribution in [0.3, 0.4) is 0 Å². The molecule has 0 aliphatic carbocycles. The molecule has 2 atom stereocenters. The van der Waals surface area contributed by atoms with Gasteiger partial charge in [0, 0.05) is 19.1 Å². The van der Waals surface area contributed by atoms with Crippen molar-refractivity contribution in [3.05, 3.63) is 0 Å². The van der Waals surface area contributed by atoms with Crippen LogP contribution in [0.15, 0.2) is 0 Å². The molecular weight excluding hydrogens is 208 g/mol. The van der Waals surface area contributed by atoms with Gasteiger partial charge in [0.05, 0.1) is 0 Å². The Kier molecular flexibility index (Phi) is 5.30. The molecule has 100 valence electrons. The number of nitrogens with one attached hydrogen (secondary N) is 1. The standard InChI is InChI=1S/C15H30N2/c1-3-13(4-2)11-17-10-6-7-14(12-17)15-8-5-9-16-15/h13-16H,3-12H2,1-2H3. The average molecular weight is 238 g/mol. The Morgan fingerprint density at radius 1 is 1.18 bits per heavy atom. The van der Waals surface area contributed by atoms with E-state index in [0.717, 1.165) is 17.9 Å². The third-order valence-corrected chi connectivity index (χ3v) is 4.88. The summed E-state index contributed by atoms with van der Waals surface area (Å²) in [5.74, 6) is 1.85. The van der Waals surface area contributed by atoms with Gasteiger partial charge in [-0.2, -0.15) is 0 Å². The summed E-state index contributed by atoms with van der Waals surface area (Å²) in [7, 11) is 0. The van der Waals surface area contributed by atoms with Crippen molar-refractivity contribution in [3.63, 3.8) is 0 Å². The Labute approximate surface area is 107 Å². The summed E-state index contributed by atoms with van der Waals surface area (Å²) in [6, 6.07) is 0.833. The quantitative estimate of drug-likeness (QED) is 0.792. The zero-order chi connectivity index (χ0) is 12.1. The number of piperidine rings is 1. The summed E-state index contributed by atoms with van der Waals surface area (Å²) in [5, 5.41) is 3.70. The number of rotatable bonds is 5. The second-order valence-electron chi connectivity index (χ2n) is 6.05. The van der Waals surface area contributed by atoms with Gasteiger partial charge in [0.2, 0.25) is 0 Å². The number of nitrogens with zero attached hydrogens (tertiary/aromatic N) is 1. The van der Waals surface area contributed by atoms with Crippen LogP contribution in [0.5, 0.6) is 0 Å². The molecule has 2 heterocycles. The summed E-state index contributed by atoms with van der Waals surface area (Å²) in [4.78, 5) is 2.74. The van der Waals surface area contributed by atoms with Crippen molar-refractivity contribution >= 4 is 0 Å². The van der Waals surface area contributed by atoms with Crippen molar-refractivity contribution in [2.45, 2.75) is 58.4 Å². The lowest BCUT2D eigenvalue weighted by atomic mass is 9.89. The summed E-state index contributed by atoms with van der Waals surface area (Å²) in [5.41, 5.74) is 0. The molecule has 2 nitrogen and oxygen atoms in total. The molecule has 2 aliphatic rings. The van der Waals surface area contributed by atoms with Crippen molar-refractivity contribution in [2.24, 2.45) is 11.8 Å². The van der Waals surface area contributed by atoms with Gasteiger partial charge >= 0.3 is 0 Å². The molecule has 2 saturated heterocycles. The van der Waals surface area contributed by atoms with Crippen molar-refractivity contribution in [2.75, 3.05) is 26.2 Å². The molecule has 0 amide bonds. The highest BCUT2D eigenvalue weighted by molar-refractivity contribution is 4.86. The van der Waals surface area contributed by atoms with Crippen LogP contribution in [0, 0.1) is 11.8 Å². The van der Waals surface area contributed by atoms with Crippen molar-refractivity contribution in [3.8, 4) is 0 Å². The topological polar surface area (TPSA) is 15.3 Å². The van der Waals surface area contributed by atoms with Crippen LogP contribution < -0.4 is 5.32 Å². The second-order valence-corrected chi connectivity index (χ2v) is 6.05. The maximum absolute atomic E-state index is 3.70. The van der Waals surface area contributed by atoms with E-state index < -0.39 is 0 Å². The smallest absolute Gasteiger partial charge is 0.0108 e. The first kappa shape index (κ1) is 13.4. The molecule has 0 aromatic heterocycles. The van der Waals surface area contributed by atoms with E-state index in [4.69, 9.17) is 0 Å². The van der Waals surface area contributed by atoms with E-state index in [0.29, 0.717) is 0 Å². The first-order valence-electron chi connectivity index (χ1n) is 7.79. The predicted octanol–water partition coefficient (Wildman–Crippen LogP) is 2.89. The maximum atomic E-state index is 3.70. The van der Waals surface area contributed by atoms with Crippen molar-refractivity contribution in [1.82, 2.24) is 10.2 Å². The van der Waals surface area contributed by atoms with Gasteiger partial charge in [-0.05, 0) is 50.6 Å². The second kappa shape index (κ2) is 6.75. The minimum absolute atomic E-state index is 0.833. The average Bonchev–Trinajstić information content (AvgIpc) is 2.90. The lowest BCUT2D eigenvalue weighted by Crippen LogP contribution is -2.44. The zero-order valence-electron chi connectivity index (χ0n) is 11.8. The van der Waals surface area contributed by atoms with Gasteiger partial charge in [-0.25, -0.2) is 0 Å². The van der Waals surface area contributed by atoms with Gasteiger partial charge in [-0.1, -0.05) is 26.7 Å². The summed E-state index contributed by atoms with van der Waals surface area (Å²) in [6.45, 7) is 9.99. The van der Waals surface area contributed by atoms with Crippen LogP contribution in [-0.2, 0) is 0 Å². The molecule has 2 aliphatic heterocycles. The first-order chi connectivity index (χ1) is 8.33. The van der Waals surface area contributed by atoms with Gasteiger partial charge in [0.25, 0.3) is 0 Å². The predicted molar refractivity (Wildman–Crippen MR) is 74.3 cm³/mol. The van der Waals surface area contributed by atoms with Crippen LogP contribution in [0.4, 0.5) is 0 Å². The molecule has 2 unspecified atom stereocenters. The Bertz CT molecular complexity index is 207. The van der Waals surface area contributed by atoms with E-state index in [2.05, 4.69) is 24.1 Å². The Morgan fingerprint density at radius 3 is 2.65 bits per heavy atom. The Morgan fingerprint density at radius 2 is 2.00 bits per heavy atom. The minimum atomic E-state index is 0.833. The van der Waals surface area contributed by atoms with Gasteiger partial charge < -0.3 is 10.2 Å². The highest BCUT2D eigenvalue weighted by Crippen LogP contribution is 2.25. The monoisotopic (exact) mass is 238 g/mol. The van der Waals surface area contributed by atoms with Gasteiger partial charge in [-0.3, -0.25) is 0 Å². The van der Waals surface area contributed by atoms with Crippen LogP contribution in [0.1, 0.15) is 52.4 Å². The van der Waals surface area contributed by atoms with Crippen molar-refractivity contribution < 1.29 is 0 Å². The third kappa shape index (κ3) is 3.69. The van der Waals surface area contributed by atoms with E-state index >= 15 is 0 Å². The van der Waals surface area contributed by atoms with Crippen LogP contribution >= 0.6 is 0 Å². The Balaban J connectivity index is 1.79. The first-order valence-corrected chi connectivity index (χ1v) is 7.79. The van der Waals surface area contributed by atoms with Crippen LogP contribution in [-0.4, -0.2) is 37.1 Å². The summed E-state index contributed by atoms with van der Waals surface area (Å²) in [6.07, 6.45) is 8.38. The van der Waals surface area contributed by atoms with E-state index in [-0.39, 0.29) is 0 Å². The number of hydrogen-bond donors (Lipinski definition) is 1. The highest BCUT2D eigenvalue weighted by Gasteiger charge is 2.29. The lowest BCUT2D eigenvalue weighted by Gasteiger charge is -2.37. The molecule has 0 saturated carbocycles.